The highest BCUT2D eigenvalue weighted by molar-refractivity contribution is 6.07. The fourth-order valence-corrected chi connectivity index (χ4v) is 3.89. The minimum atomic E-state index is -0.324. The highest BCUT2D eigenvalue weighted by atomic mass is 16.3. The Morgan fingerprint density at radius 2 is 1.73 bits per heavy atom. The van der Waals surface area contributed by atoms with E-state index in [1.807, 2.05) is 6.92 Å². The number of allylic oxidation sites excluding steroid dienone is 4. The van der Waals surface area contributed by atoms with Gasteiger partial charge in [-0.2, -0.15) is 0 Å². The quantitative estimate of drug-likeness (QED) is 0.188. The van der Waals surface area contributed by atoms with Crippen molar-refractivity contribution in [2.75, 3.05) is 5.32 Å². The molecule has 2 aromatic rings. The molecule has 0 saturated carbocycles. The average Bonchev–Trinajstić information content (AvgIpc) is 2.75. The van der Waals surface area contributed by atoms with Gasteiger partial charge in [-0.05, 0) is 95.2 Å². The molecule has 1 amide bonds. The summed E-state index contributed by atoms with van der Waals surface area (Å²) in [6.07, 6.45) is 10.9. The minimum absolute atomic E-state index is 0.0751. The van der Waals surface area contributed by atoms with E-state index in [1.165, 1.54) is 23.3 Å². The Balaban J connectivity index is 2.34. The van der Waals surface area contributed by atoms with E-state index in [0.29, 0.717) is 17.7 Å². The lowest BCUT2D eigenvalue weighted by atomic mass is 9.91. The van der Waals surface area contributed by atoms with Crippen LogP contribution in [0.1, 0.15) is 86.8 Å². The molecule has 0 saturated heterocycles. The fraction of sp³-hybridized carbons (Fsp3) is 0.414. The standard InChI is InChI=1S/C29H39NO3/c1-6-7-8-12-23-19-22(5)26(18-13-21(4)11-9-10-20(2)3)28(32)27(23)29(33)30-24-14-16-25(31)17-15-24/h10,13-17,19,31-32H,6-9,11-12,18H2,1-5H3,(H,30,33)/b21-13+. The van der Waals surface area contributed by atoms with E-state index in [9.17, 15) is 15.0 Å². The molecule has 2 rings (SSSR count). The molecule has 0 bridgehead atoms. The third-order valence-electron chi connectivity index (χ3n) is 5.86. The highest BCUT2D eigenvalue weighted by Crippen LogP contribution is 2.32. The third kappa shape index (κ3) is 8.12. The monoisotopic (exact) mass is 449 g/mol. The first-order valence-electron chi connectivity index (χ1n) is 12.0. The van der Waals surface area contributed by atoms with E-state index < -0.39 is 0 Å². The molecule has 178 valence electrons. The second kappa shape index (κ2) is 12.9. The number of aromatic hydroxyl groups is 2. The molecule has 33 heavy (non-hydrogen) atoms. The fourth-order valence-electron chi connectivity index (χ4n) is 3.89. The van der Waals surface area contributed by atoms with Gasteiger partial charge in [-0.25, -0.2) is 0 Å². The summed E-state index contributed by atoms with van der Waals surface area (Å²) in [5.74, 6) is -0.109. The molecule has 3 N–H and O–H groups in total. The van der Waals surface area contributed by atoms with Crippen molar-refractivity contribution in [3.05, 3.63) is 75.9 Å². The zero-order valence-electron chi connectivity index (χ0n) is 20.8. The minimum Gasteiger partial charge on any atom is -0.508 e. The molecule has 0 aliphatic carbocycles. The second-order valence-electron chi connectivity index (χ2n) is 9.09. The van der Waals surface area contributed by atoms with E-state index in [-0.39, 0.29) is 17.4 Å². The van der Waals surface area contributed by atoms with Crippen molar-refractivity contribution in [1.82, 2.24) is 0 Å². The van der Waals surface area contributed by atoms with Gasteiger partial charge < -0.3 is 15.5 Å². The largest absolute Gasteiger partial charge is 0.508 e. The number of phenols is 2. The number of nitrogens with one attached hydrogen (secondary N) is 1. The van der Waals surface area contributed by atoms with Crippen LogP contribution in [0, 0.1) is 6.92 Å². The normalized spacial score (nSPS) is 11.4. The van der Waals surface area contributed by atoms with Crippen LogP contribution in [0.2, 0.25) is 0 Å². The third-order valence-corrected chi connectivity index (χ3v) is 5.86. The number of hydrogen-bond donors (Lipinski definition) is 3. The molecule has 0 spiro atoms. The number of hydrogen-bond acceptors (Lipinski definition) is 3. The Morgan fingerprint density at radius 1 is 1.03 bits per heavy atom. The summed E-state index contributed by atoms with van der Waals surface area (Å²) in [5, 5.41) is 23.6. The Kier molecular flexibility index (Phi) is 10.2. The predicted octanol–water partition coefficient (Wildman–Crippen LogP) is 7.63. The molecular weight excluding hydrogens is 410 g/mol. The summed E-state index contributed by atoms with van der Waals surface area (Å²) in [6.45, 7) is 10.5. The van der Waals surface area contributed by atoms with E-state index in [2.05, 4.69) is 51.2 Å². The van der Waals surface area contributed by atoms with Crippen molar-refractivity contribution in [2.24, 2.45) is 0 Å². The van der Waals surface area contributed by atoms with Crippen molar-refractivity contribution in [1.29, 1.82) is 0 Å². The summed E-state index contributed by atoms with van der Waals surface area (Å²) < 4.78 is 0. The van der Waals surface area contributed by atoms with Gasteiger partial charge in [0.1, 0.15) is 11.5 Å². The molecule has 4 nitrogen and oxygen atoms in total. The lowest BCUT2D eigenvalue weighted by Gasteiger charge is -2.17. The zero-order chi connectivity index (χ0) is 24.4. The average molecular weight is 450 g/mol. The number of phenolic OH excluding ortho intramolecular Hbond substituents is 2. The molecule has 0 fully saturated rings. The predicted molar refractivity (Wildman–Crippen MR) is 138 cm³/mol. The zero-order valence-corrected chi connectivity index (χ0v) is 20.8. The van der Waals surface area contributed by atoms with Gasteiger partial charge in [0.15, 0.2) is 0 Å². The Hall–Kier alpha value is -3.01. The van der Waals surface area contributed by atoms with E-state index >= 15 is 0 Å². The number of benzene rings is 2. The Bertz CT molecular complexity index is 997. The van der Waals surface area contributed by atoms with Crippen molar-refractivity contribution < 1.29 is 15.0 Å². The maximum absolute atomic E-state index is 13.2. The van der Waals surface area contributed by atoms with Crippen molar-refractivity contribution in [2.45, 2.75) is 79.6 Å². The molecule has 2 aromatic carbocycles. The maximum atomic E-state index is 13.2. The van der Waals surface area contributed by atoms with Gasteiger partial charge in [-0.3, -0.25) is 4.79 Å². The van der Waals surface area contributed by atoms with Crippen LogP contribution in [0.15, 0.2) is 53.6 Å². The molecule has 0 aromatic heterocycles. The number of rotatable bonds is 11. The van der Waals surface area contributed by atoms with Gasteiger partial charge in [0.2, 0.25) is 0 Å². The summed E-state index contributed by atoms with van der Waals surface area (Å²) in [5.41, 5.74) is 6.21. The first kappa shape index (κ1) is 26.2. The van der Waals surface area contributed by atoms with E-state index in [1.54, 1.807) is 12.1 Å². The van der Waals surface area contributed by atoms with Crippen LogP contribution < -0.4 is 5.32 Å². The summed E-state index contributed by atoms with van der Waals surface area (Å²) >= 11 is 0. The van der Waals surface area contributed by atoms with Crippen LogP contribution >= 0.6 is 0 Å². The number of carbonyl (C=O) groups excluding carboxylic acids is 1. The van der Waals surface area contributed by atoms with Crippen molar-refractivity contribution >= 4 is 11.6 Å². The molecule has 0 aliphatic rings. The molecule has 0 atom stereocenters. The number of anilines is 1. The van der Waals surface area contributed by atoms with Crippen LogP contribution in [-0.4, -0.2) is 16.1 Å². The molecule has 0 radical (unpaired) electrons. The first-order chi connectivity index (χ1) is 15.7. The van der Waals surface area contributed by atoms with Gasteiger partial charge in [-0.15, -0.1) is 0 Å². The SMILES string of the molecule is CCCCCc1cc(C)c(C/C=C(\C)CCC=C(C)C)c(O)c1C(=O)Nc1ccc(O)cc1. The highest BCUT2D eigenvalue weighted by Gasteiger charge is 2.21. The van der Waals surface area contributed by atoms with Crippen molar-refractivity contribution in [3.8, 4) is 11.5 Å². The Labute approximate surface area is 199 Å². The molecule has 0 aliphatic heterocycles. The molecule has 4 heteroatoms. The summed E-state index contributed by atoms with van der Waals surface area (Å²) in [4.78, 5) is 13.2. The lowest BCUT2D eigenvalue weighted by Crippen LogP contribution is -2.16. The molecule has 0 unspecified atom stereocenters. The number of aryl methyl sites for hydroxylation is 2. The van der Waals surface area contributed by atoms with Gasteiger partial charge >= 0.3 is 0 Å². The first-order valence-corrected chi connectivity index (χ1v) is 12.0. The van der Waals surface area contributed by atoms with Gasteiger partial charge in [-0.1, -0.05) is 49.1 Å². The number of carbonyl (C=O) groups is 1. The lowest BCUT2D eigenvalue weighted by molar-refractivity contribution is 0.102. The number of unbranched alkanes of at least 4 members (excludes halogenated alkanes) is 2. The van der Waals surface area contributed by atoms with Crippen LogP contribution in [0.5, 0.6) is 11.5 Å². The van der Waals surface area contributed by atoms with Crippen LogP contribution in [0.4, 0.5) is 5.69 Å². The van der Waals surface area contributed by atoms with Crippen LogP contribution in [0.25, 0.3) is 0 Å². The summed E-state index contributed by atoms with van der Waals surface area (Å²) in [7, 11) is 0. The van der Waals surface area contributed by atoms with Crippen molar-refractivity contribution in [3.63, 3.8) is 0 Å². The molecular formula is C29H39NO3. The van der Waals surface area contributed by atoms with E-state index in [0.717, 1.165) is 55.2 Å². The van der Waals surface area contributed by atoms with Gasteiger partial charge in [0.25, 0.3) is 5.91 Å². The number of amides is 1. The van der Waals surface area contributed by atoms with Gasteiger partial charge in [0.05, 0.1) is 5.56 Å². The van der Waals surface area contributed by atoms with Crippen LogP contribution in [-0.2, 0) is 12.8 Å². The second-order valence-corrected chi connectivity index (χ2v) is 9.09. The smallest absolute Gasteiger partial charge is 0.259 e. The van der Waals surface area contributed by atoms with Crippen LogP contribution in [0.3, 0.4) is 0 Å². The topological polar surface area (TPSA) is 69.6 Å². The molecule has 0 heterocycles. The maximum Gasteiger partial charge on any atom is 0.259 e. The van der Waals surface area contributed by atoms with E-state index in [4.69, 9.17) is 0 Å². The summed E-state index contributed by atoms with van der Waals surface area (Å²) in [6, 6.07) is 8.41. The van der Waals surface area contributed by atoms with Gasteiger partial charge in [0, 0.05) is 11.3 Å². The Morgan fingerprint density at radius 3 is 2.36 bits per heavy atom.